The van der Waals surface area contributed by atoms with Crippen LogP contribution in [0.25, 0.3) is 5.52 Å². The molecule has 0 fully saturated rings. The average Bonchev–Trinajstić information content (AvgIpc) is 3.58. The summed E-state index contributed by atoms with van der Waals surface area (Å²) in [6, 6.07) is 15.3. The second-order valence-corrected chi connectivity index (χ2v) is 9.26. The Morgan fingerprint density at radius 3 is 2.76 bits per heavy atom. The highest BCUT2D eigenvalue weighted by atomic mass is 16.2. The number of hydrogen-bond donors (Lipinski definition) is 2. The number of H-pyrrole nitrogens is 1. The van der Waals surface area contributed by atoms with E-state index in [1.807, 2.05) is 28.7 Å². The molecule has 34 heavy (non-hydrogen) atoms. The van der Waals surface area contributed by atoms with Gasteiger partial charge in [-0.05, 0) is 36.1 Å². The lowest BCUT2D eigenvalue weighted by Gasteiger charge is -2.27. The number of pyridine rings is 1. The van der Waals surface area contributed by atoms with Crippen LogP contribution in [0, 0.1) is 0 Å². The van der Waals surface area contributed by atoms with Gasteiger partial charge in [0, 0.05) is 57.0 Å². The van der Waals surface area contributed by atoms with Gasteiger partial charge >= 0.3 is 0 Å². The quantitative estimate of drug-likeness (QED) is 0.463. The molecule has 1 aromatic carbocycles. The van der Waals surface area contributed by atoms with E-state index in [0.29, 0.717) is 32.1 Å². The molecule has 174 valence electrons. The number of amides is 1. The third kappa shape index (κ3) is 3.98. The van der Waals surface area contributed by atoms with Gasteiger partial charge < -0.3 is 15.1 Å². The Bertz CT molecular complexity index is 1320. The third-order valence-corrected chi connectivity index (χ3v) is 6.97. The van der Waals surface area contributed by atoms with Gasteiger partial charge in [0.25, 0.3) is 0 Å². The number of fused-ring (bicyclic) bond motifs is 3. The summed E-state index contributed by atoms with van der Waals surface area (Å²) in [5, 5.41) is 19.2. The standard InChI is InChI=1S/C25H28N8O/c1-31(9-8-25(34)32-10-7-22-23(16-32)28-30-27-22)20-6-11-33-21(14-20)15-24(29-33)26-19-12-17-4-2-3-5-18(17)13-19/h2-6,11,14-15,19H,7-10,12-13,16H2,1H3,(H,26,29)(H,27,28,30). The van der Waals surface area contributed by atoms with E-state index in [0.717, 1.165) is 47.7 Å². The molecule has 0 atom stereocenters. The van der Waals surface area contributed by atoms with Crippen molar-refractivity contribution in [2.24, 2.45) is 0 Å². The van der Waals surface area contributed by atoms with Crippen LogP contribution < -0.4 is 10.2 Å². The summed E-state index contributed by atoms with van der Waals surface area (Å²) in [6.07, 6.45) is 5.26. The second-order valence-electron chi connectivity index (χ2n) is 9.26. The molecule has 1 aliphatic heterocycles. The number of carbonyl (C=O) groups is 1. The van der Waals surface area contributed by atoms with Crippen molar-refractivity contribution in [3.8, 4) is 0 Å². The summed E-state index contributed by atoms with van der Waals surface area (Å²) in [4.78, 5) is 16.7. The van der Waals surface area contributed by atoms with Crippen LogP contribution in [0.3, 0.4) is 0 Å². The maximum Gasteiger partial charge on any atom is 0.224 e. The fourth-order valence-electron chi connectivity index (χ4n) is 5.03. The number of nitrogens with one attached hydrogen (secondary N) is 2. The van der Waals surface area contributed by atoms with Crippen LogP contribution in [-0.4, -0.2) is 62.0 Å². The van der Waals surface area contributed by atoms with Crippen LogP contribution in [0.1, 0.15) is 28.9 Å². The van der Waals surface area contributed by atoms with E-state index in [1.165, 1.54) is 11.1 Å². The smallest absolute Gasteiger partial charge is 0.224 e. The largest absolute Gasteiger partial charge is 0.374 e. The summed E-state index contributed by atoms with van der Waals surface area (Å²) in [5.74, 6) is 1.04. The summed E-state index contributed by atoms with van der Waals surface area (Å²) >= 11 is 0. The molecule has 4 heterocycles. The zero-order valence-corrected chi connectivity index (χ0v) is 19.2. The normalized spacial score (nSPS) is 15.4. The van der Waals surface area contributed by atoms with E-state index in [2.05, 4.69) is 62.0 Å². The molecule has 4 aromatic rings. The molecule has 0 unspecified atom stereocenters. The zero-order valence-electron chi connectivity index (χ0n) is 19.2. The molecule has 0 saturated heterocycles. The monoisotopic (exact) mass is 456 g/mol. The number of rotatable bonds is 6. The van der Waals surface area contributed by atoms with Crippen molar-refractivity contribution < 1.29 is 4.79 Å². The van der Waals surface area contributed by atoms with E-state index in [-0.39, 0.29) is 5.91 Å². The van der Waals surface area contributed by atoms with Crippen LogP contribution in [-0.2, 0) is 30.6 Å². The molecule has 0 spiro atoms. The van der Waals surface area contributed by atoms with Crippen molar-refractivity contribution in [2.45, 2.75) is 38.3 Å². The Labute approximate surface area is 197 Å². The molecule has 1 aliphatic carbocycles. The van der Waals surface area contributed by atoms with Gasteiger partial charge in [-0.25, -0.2) is 4.52 Å². The minimum absolute atomic E-state index is 0.148. The first kappa shape index (κ1) is 20.7. The third-order valence-electron chi connectivity index (χ3n) is 6.97. The minimum atomic E-state index is 0.148. The van der Waals surface area contributed by atoms with Gasteiger partial charge in [0.15, 0.2) is 0 Å². The fourth-order valence-corrected chi connectivity index (χ4v) is 5.03. The van der Waals surface area contributed by atoms with Gasteiger partial charge in [0.1, 0.15) is 11.5 Å². The topological polar surface area (TPSA) is 94.5 Å². The number of nitrogens with zero attached hydrogens (tertiary/aromatic N) is 6. The average molecular weight is 457 g/mol. The predicted octanol–water partition coefficient (Wildman–Crippen LogP) is 2.44. The molecule has 6 rings (SSSR count). The van der Waals surface area contributed by atoms with Crippen molar-refractivity contribution in [3.05, 3.63) is 71.2 Å². The summed E-state index contributed by atoms with van der Waals surface area (Å²) in [6.45, 7) is 1.89. The zero-order chi connectivity index (χ0) is 23.1. The second kappa shape index (κ2) is 8.48. The number of aromatic amines is 1. The number of carbonyl (C=O) groups excluding carboxylic acids is 1. The van der Waals surface area contributed by atoms with Crippen LogP contribution in [0.4, 0.5) is 11.5 Å². The molecule has 2 N–H and O–H groups in total. The maximum absolute atomic E-state index is 12.7. The first-order chi connectivity index (χ1) is 16.6. The highest BCUT2D eigenvalue weighted by molar-refractivity contribution is 5.77. The number of benzene rings is 1. The van der Waals surface area contributed by atoms with Crippen molar-refractivity contribution >= 4 is 22.9 Å². The summed E-state index contributed by atoms with van der Waals surface area (Å²) in [7, 11) is 2.02. The Hall–Kier alpha value is -3.88. The molecule has 3 aromatic heterocycles. The van der Waals surface area contributed by atoms with Gasteiger partial charge in [-0.2, -0.15) is 20.5 Å². The van der Waals surface area contributed by atoms with Crippen LogP contribution in [0.2, 0.25) is 0 Å². The molecule has 1 amide bonds. The van der Waals surface area contributed by atoms with Crippen molar-refractivity contribution in [3.63, 3.8) is 0 Å². The molecule has 2 aliphatic rings. The molecule has 0 radical (unpaired) electrons. The maximum atomic E-state index is 12.7. The molecule has 0 bridgehead atoms. The van der Waals surface area contributed by atoms with E-state index in [4.69, 9.17) is 5.10 Å². The Kier molecular flexibility index (Phi) is 5.16. The Morgan fingerprint density at radius 2 is 1.94 bits per heavy atom. The molecule has 9 heteroatoms. The first-order valence-corrected chi connectivity index (χ1v) is 11.8. The number of aromatic nitrogens is 5. The van der Waals surface area contributed by atoms with Gasteiger partial charge in [0.2, 0.25) is 5.91 Å². The molecule has 0 saturated carbocycles. The van der Waals surface area contributed by atoms with E-state index in [1.54, 1.807) is 0 Å². The molecular weight excluding hydrogens is 428 g/mol. The van der Waals surface area contributed by atoms with Gasteiger partial charge in [0.05, 0.1) is 17.8 Å². The predicted molar refractivity (Wildman–Crippen MR) is 130 cm³/mol. The van der Waals surface area contributed by atoms with E-state index >= 15 is 0 Å². The fraction of sp³-hybridized carbons (Fsp3) is 0.360. The highest BCUT2D eigenvalue weighted by Gasteiger charge is 2.24. The van der Waals surface area contributed by atoms with Crippen LogP contribution in [0.5, 0.6) is 0 Å². The van der Waals surface area contributed by atoms with Crippen LogP contribution in [0.15, 0.2) is 48.7 Å². The number of anilines is 2. The van der Waals surface area contributed by atoms with Crippen molar-refractivity contribution in [2.75, 3.05) is 30.4 Å². The van der Waals surface area contributed by atoms with E-state index in [9.17, 15) is 4.79 Å². The van der Waals surface area contributed by atoms with Gasteiger partial charge in [-0.15, -0.1) is 0 Å². The summed E-state index contributed by atoms with van der Waals surface area (Å²) in [5.41, 5.74) is 6.80. The minimum Gasteiger partial charge on any atom is -0.374 e. The lowest BCUT2D eigenvalue weighted by atomic mass is 10.1. The van der Waals surface area contributed by atoms with Crippen molar-refractivity contribution in [1.82, 2.24) is 29.9 Å². The molecule has 9 nitrogen and oxygen atoms in total. The van der Waals surface area contributed by atoms with Crippen molar-refractivity contribution in [1.29, 1.82) is 0 Å². The first-order valence-electron chi connectivity index (χ1n) is 11.8. The summed E-state index contributed by atoms with van der Waals surface area (Å²) < 4.78 is 1.90. The van der Waals surface area contributed by atoms with E-state index < -0.39 is 0 Å². The molecular formula is C25H28N8O. The lowest BCUT2D eigenvalue weighted by Crippen LogP contribution is -2.37. The lowest BCUT2D eigenvalue weighted by molar-refractivity contribution is -0.132. The number of hydrogen-bond acceptors (Lipinski definition) is 6. The van der Waals surface area contributed by atoms with Crippen LogP contribution >= 0.6 is 0 Å². The Morgan fingerprint density at radius 1 is 1.15 bits per heavy atom. The highest BCUT2D eigenvalue weighted by Crippen LogP contribution is 2.25. The van der Waals surface area contributed by atoms with Gasteiger partial charge in [-0.3, -0.25) is 4.79 Å². The Balaban J connectivity index is 1.07. The van der Waals surface area contributed by atoms with Gasteiger partial charge in [-0.1, -0.05) is 24.3 Å². The SMILES string of the molecule is CN(CCC(=O)N1CCc2n[nH]nc2C1)c1ccn2nc(NC3Cc4ccccc4C3)cc2c1.